The highest BCUT2D eigenvalue weighted by molar-refractivity contribution is 7.08. The zero-order valence-electron chi connectivity index (χ0n) is 14.2. The molecule has 4 aromatic rings. The fraction of sp³-hybridized carbons (Fsp3) is 0.167. The number of rotatable bonds is 5. The van der Waals surface area contributed by atoms with Crippen LogP contribution in [0, 0.1) is 5.82 Å². The van der Waals surface area contributed by atoms with E-state index >= 15 is 0 Å². The van der Waals surface area contributed by atoms with Crippen molar-refractivity contribution in [3.63, 3.8) is 0 Å². The van der Waals surface area contributed by atoms with Gasteiger partial charge in [0.1, 0.15) is 17.4 Å². The number of aromatic nitrogens is 4. The van der Waals surface area contributed by atoms with Gasteiger partial charge in [0, 0.05) is 16.5 Å². The molecule has 0 spiro atoms. The van der Waals surface area contributed by atoms with E-state index in [0.717, 1.165) is 11.1 Å². The zero-order chi connectivity index (χ0) is 18.1. The molecule has 26 heavy (non-hydrogen) atoms. The van der Waals surface area contributed by atoms with E-state index in [-0.39, 0.29) is 11.9 Å². The van der Waals surface area contributed by atoms with Gasteiger partial charge in [0.25, 0.3) is 0 Å². The van der Waals surface area contributed by atoms with Gasteiger partial charge >= 0.3 is 0 Å². The Balaban J connectivity index is 1.67. The van der Waals surface area contributed by atoms with Crippen molar-refractivity contribution in [3.8, 4) is 17.1 Å². The largest absolute Gasteiger partial charge is 0.496 e. The van der Waals surface area contributed by atoms with Crippen molar-refractivity contribution in [1.82, 2.24) is 19.8 Å². The molecule has 132 valence electrons. The molecule has 1 unspecified atom stereocenters. The molecule has 6 nitrogen and oxygen atoms in total. The minimum atomic E-state index is -0.309. The SMILES string of the molecule is COc1ccc(F)cc1C(C)Nc1ccc2nnc(-c3ccsc3)n2n1. The molecule has 3 heterocycles. The molecular formula is C18H16FN5OS. The number of thiophene rings is 1. The van der Waals surface area contributed by atoms with E-state index in [1.54, 1.807) is 29.0 Å². The second kappa shape index (κ2) is 6.72. The Kier molecular flexibility index (Phi) is 4.26. The molecule has 0 fully saturated rings. The van der Waals surface area contributed by atoms with Crippen molar-refractivity contribution in [3.05, 3.63) is 58.5 Å². The zero-order valence-corrected chi connectivity index (χ0v) is 15.0. The summed E-state index contributed by atoms with van der Waals surface area (Å²) in [6.45, 7) is 1.93. The first-order valence-corrected chi connectivity index (χ1v) is 8.95. The number of ether oxygens (including phenoxy) is 1. The van der Waals surface area contributed by atoms with Crippen molar-refractivity contribution >= 4 is 22.8 Å². The predicted octanol–water partition coefficient (Wildman–Crippen LogP) is 4.17. The van der Waals surface area contributed by atoms with Crippen molar-refractivity contribution in [1.29, 1.82) is 0 Å². The summed E-state index contributed by atoms with van der Waals surface area (Å²) in [7, 11) is 1.57. The monoisotopic (exact) mass is 369 g/mol. The van der Waals surface area contributed by atoms with E-state index in [2.05, 4.69) is 20.6 Å². The van der Waals surface area contributed by atoms with Crippen molar-refractivity contribution in [2.75, 3.05) is 12.4 Å². The average molecular weight is 369 g/mol. The number of halogens is 1. The smallest absolute Gasteiger partial charge is 0.186 e. The van der Waals surface area contributed by atoms with E-state index in [1.807, 2.05) is 35.9 Å². The van der Waals surface area contributed by atoms with Crippen LogP contribution < -0.4 is 10.1 Å². The van der Waals surface area contributed by atoms with Crippen LogP contribution in [0.25, 0.3) is 17.0 Å². The molecule has 0 bridgehead atoms. The highest BCUT2D eigenvalue weighted by Gasteiger charge is 2.15. The van der Waals surface area contributed by atoms with E-state index < -0.39 is 0 Å². The van der Waals surface area contributed by atoms with Crippen LogP contribution in [0.5, 0.6) is 5.75 Å². The van der Waals surface area contributed by atoms with Crippen molar-refractivity contribution in [2.45, 2.75) is 13.0 Å². The van der Waals surface area contributed by atoms with Gasteiger partial charge in [-0.15, -0.1) is 15.3 Å². The molecule has 0 radical (unpaired) electrons. The number of anilines is 1. The van der Waals surface area contributed by atoms with Gasteiger partial charge in [0.2, 0.25) is 0 Å². The summed E-state index contributed by atoms with van der Waals surface area (Å²) < 4.78 is 20.7. The lowest BCUT2D eigenvalue weighted by Crippen LogP contribution is -2.11. The third kappa shape index (κ3) is 2.99. The highest BCUT2D eigenvalue weighted by atomic mass is 32.1. The third-order valence-corrected chi connectivity index (χ3v) is 4.75. The summed E-state index contributed by atoms with van der Waals surface area (Å²) in [5, 5.41) is 20.2. The minimum Gasteiger partial charge on any atom is -0.496 e. The third-order valence-electron chi connectivity index (χ3n) is 4.06. The number of hydrogen-bond donors (Lipinski definition) is 1. The lowest BCUT2D eigenvalue weighted by Gasteiger charge is -2.18. The Morgan fingerprint density at radius 2 is 2.08 bits per heavy atom. The molecule has 8 heteroatoms. The van der Waals surface area contributed by atoms with Crippen LogP contribution in [0.4, 0.5) is 10.2 Å². The quantitative estimate of drug-likeness (QED) is 0.572. The van der Waals surface area contributed by atoms with Crippen LogP contribution in [-0.2, 0) is 0 Å². The lowest BCUT2D eigenvalue weighted by molar-refractivity contribution is 0.406. The molecule has 4 rings (SSSR count). The Hall–Kier alpha value is -3.00. The van der Waals surface area contributed by atoms with E-state index in [1.165, 1.54) is 12.1 Å². The molecule has 1 N–H and O–H groups in total. The summed E-state index contributed by atoms with van der Waals surface area (Å²) in [5.41, 5.74) is 2.34. The second-order valence-corrected chi connectivity index (χ2v) is 6.56. The molecule has 0 aliphatic rings. The highest BCUT2D eigenvalue weighted by Crippen LogP contribution is 2.28. The van der Waals surface area contributed by atoms with E-state index in [4.69, 9.17) is 4.74 Å². The summed E-state index contributed by atoms with van der Waals surface area (Å²) in [4.78, 5) is 0. The molecule has 0 saturated carbocycles. The Labute approximate surface area is 153 Å². The Morgan fingerprint density at radius 3 is 2.85 bits per heavy atom. The van der Waals surface area contributed by atoms with Crippen LogP contribution in [0.15, 0.2) is 47.2 Å². The minimum absolute atomic E-state index is 0.202. The summed E-state index contributed by atoms with van der Waals surface area (Å²) in [5.74, 6) is 1.63. The molecule has 1 aromatic carbocycles. The van der Waals surface area contributed by atoms with Crippen LogP contribution in [0.1, 0.15) is 18.5 Å². The molecule has 1 atom stereocenters. The predicted molar refractivity (Wildman–Crippen MR) is 99.1 cm³/mol. The molecule has 0 saturated heterocycles. The maximum absolute atomic E-state index is 13.6. The summed E-state index contributed by atoms with van der Waals surface area (Å²) in [6.07, 6.45) is 0. The van der Waals surface area contributed by atoms with Crippen LogP contribution in [0.2, 0.25) is 0 Å². The fourth-order valence-corrected chi connectivity index (χ4v) is 3.42. The summed E-state index contributed by atoms with van der Waals surface area (Å²) in [6, 6.07) is 9.90. The maximum atomic E-state index is 13.6. The number of benzene rings is 1. The number of fused-ring (bicyclic) bond motifs is 1. The maximum Gasteiger partial charge on any atom is 0.186 e. The van der Waals surface area contributed by atoms with Crippen LogP contribution in [0.3, 0.4) is 0 Å². The lowest BCUT2D eigenvalue weighted by atomic mass is 10.1. The van der Waals surface area contributed by atoms with Crippen molar-refractivity contribution < 1.29 is 9.13 Å². The van der Waals surface area contributed by atoms with Gasteiger partial charge in [0.15, 0.2) is 11.5 Å². The first kappa shape index (κ1) is 16.5. The number of nitrogens with zero attached hydrogens (tertiary/aromatic N) is 4. The Morgan fingerprint density at radius 1 is 1.19 bits per heavy atom. The molecule has 3 aromatic heterocycles. The normalized spacial score (nSPS) is 12.3. The molecule has 0 aliphatic carbocycles. The average Bonchev–Trinajstić information content (AvgIpc) is 3.30. The van der Waals surface area contributed by atoms with Crippen LogP contribution >= 0.6 is 11.3 Å². The van der Waals surface area contributed by atoms with Crippen molar-refractivity contribution in [2.24, 2.45) is 0 Å². The van der Waals surface area contributed by atoms with Gasteiger partial charge in [-0.05, 0) is 48.7 Å². The fourth-order valence-electron chi connectivity index (χ4n) is 2.78. The summed E-state index contributed by atoms with van der Waals surface area (Å²) >= 11 is 1.59. The second-order valence-electron chi connectivity index (χ2n) is 5.78. The van der Waals surface area contributed by atoms with Crippen LogP contribution in [-0.4, -0.2) is 26.9 Å². The van der Waals surface area contributed by atoms with Gasteiger partial charge in [-0.3, -0.25) is 0 Å². The first-order valence-electron chi connectivity index (χ1n) is 8.00. The topological polar surface area (TPSA) is 64.3 Å². The number of nitrogens with one attached hydrogen (secondary N) is 1. The first-order chi connectivity index (χ1) is 12.7. The number of hydrogen-bond acceptors (Lipinski definition) is 6. The van der Waals surface area contributed by atoms with E-state index in [9.17, 15) is 4.39 Å². The van der Waals surface area contributed by atoms with Gasteiger partial charge in [-0.25, -0.2) is 4.39 Å². The van der Waals surface area contributed by atoms with E-state index in [0.29, 0.717) is 23.0 Å². The van der Waals surface area contributed by atoms with Gasteiger partial charge in [-0.1, -0.05) is 0 Å². The number of methoxy groups -OCH3 is 1. The standard InChI is InChI=1S/C18H16FN5OS/c1-11(14-9-13(19)3-4-15(14)25-2)20-16-5-6-17-21-22-18(24(17)23-16)12-7-8-26-10-12/h3-11H,1-2H3,(H,20,23). The van der Waals surface area contributed by atoms with Gasteiger partial charge in [0.05, 0.1) is 13.2 Å². The Bertz CT molecular complexity index is 1050. The molecular weight excluding hydrogens is 353 g/mol. The van der Waals surface area contributed by atoms with Gasteiger partial charge in [-0.2, -0.15) is 15.9 Å². The molecule has 0 aliphatic heterocycles. The van der Waals surface area contributed by atoms with Gasteiger partial charge < -0.3 is 10.1 Å². The molecule has 0 amide bonds.